The second kappa shape index (κ2) is 10.1. The maximum absolute atomic E-state index is 12.8. The van der Waals surface area contributed by atoms with Crippen molar-refractivity contribution in [1.82, 2.24) is 10.2 Å². The molecular formula is C22H37N3O4. The lowest BCUT2D eigenvalue weighted by Gasteiger charge is -2.37. The average Bonchev–Trinajstić information content (AvgIpc) is 2.61. The molecule has 1 aliphatic heterocycles. The van der Waals surface area contributed by atoms with Gasteiger partial charge in [-0.25, -0.2) is 0 Å². The van der Waals surface area contributed by atoms with Crippen molar-refractivity contribution < 1.29 is 19.4 Å². The van der Waals surface area contributed by atoms with E-state index in [1.54, 1.807) is 20.8 Å². The van der Waals surface area contributed by atoms with Gasteiger partial charge in [0, 0.05) is 31.5 Å². The normalized spacial score (nSPS) is 16.4. The van der Waals surface area contributed by atoms with E-state index in [2.05, 4.69) is 18.5 Å². The Morgan fingerprint density at radius 3 is 2.38 bits per heavy atom. The molecule has 29 heavy (non-hydrogen) atoms. The predicted octanol–water partition coefficient (Wildman–Crippen LogP) is 3.75. The van der Waals surface area contributed by atoms with Crippen LogP contribution < -0.4 is 5.32 Å². The molecule has 0 radical (unpaired) electrons. The highest BCUT2D eigenvalue weighted by atomic mass is 16.5. The van der Waals surface area contributed by atoms with Crippen LogP contribution in [0.2, 0.25) is 0 Å². The first-order valence-electron chi connectivity index (χ1n) is 9.91. The maximum Gasteiger partial charge on any atom is 0.246 e. The minimum Gasteiger partial charge on any atom is -0.494 e. The molecule has 1 rings (SSSR count). The lowest BCUT2D eigenvalue weighted by Crippen LogP contribution is -2.54. The van der Waals surface area contributed by atoms with Crippen LogP contribution in [0.4, 0.5) is 0 Å². The van der Waals surface area contributed by atoms with Crippen molar-refractivity contribution >= 4 is 11.6 Å². The molecule has 1 heterocycles. The van der Waals surface area contributed by atoms with Crippen LogP contribution in [0.25, 0.3) is 0 Å². The third-order valence-corrected chi connectivity index (χ3v) is 5.57. The number of carbonyl (C=O) groups excluding carboxylic acids is 1. The lowest BCUT2D eigenvalue weighted by molar-refractivity contribution is -0.131. The quantitative estimate of drug-likeness (QED) is 0.379. The number of allylic oxidation sites excluding steroid dienone is 3. The van der Waals surface area contributed by atoms with Gasteiger partial charge in [0.2, 0.25) is 5.91 Å². The number of rotatable bonds is 10. The molecule has 0 spiro atoms. The first-order valence-corrected chi connectivity index (χ1v) is 9.91. The van der Waals surface area contributed by atoms with Gasteiger partial charge in [-0.3, -0.25) is 15.0 Å². The molecule has 7 nitrogen and oxygen atoms in total. The van der Waals surface area contributed by atoms with Crippen molar-refractivity contribution in [3.63, 3.8) is 0 Å². The molecule has 1 amide bonds. The fourth-order valence-corrected chi connectivity index (χ4v) is 2.83. The molecule has 0 aliphatic carbocycles. The third-order valence-electron chi connectivity index (χ3n) is 5.57. The summed E-state index contributed by atoms with van der Waals surface area (Å²) in [6, 6.07) is 0. The maximum atomic E-state index is 12.8. The summed E-state index contributed by atoms with van der Waals surface area (Å²) >= 11 is 0. The zero-order valence-corrected chi connectivity index (χ0v) is 18.7. The molecule has 0 saturated carbocycles. The molecule has 0 unspecified atom stereocenters. The number of carbonyl (C=O) groups is 1. The molecular weight excluding hydrogens is 370 g/mol. The molecule has 0 aromatic rings. The van der Waals surface area contributed by atoms with Crippen molar-refractivity contribution in [2.45, 2.75) is 53.0 Å². The largest absolute Gasteiger partial charge is 0.494 e. The Kier molecular flexibility index (Phi) is 8.65. The molecule has 0 bridgehead atoms. The fourth-order valence-electron chi connectivity index (χ4n) is 2.83. The Balaban J connectivity index is 2.75. The fraction of sp³-hybridized carbons (Fsp3) is 0.636. The summed E-state index contributed by atoms with van der Waals surface area (Å²) in [5, 5.41) is 21.0. The number of nitrogens with one attached hydrogen (secondary N) is 2. The van der Waals surface area contributed by atoms with Gasteiger partial charge in [0.15, 0.2) is 5.88 Å². The van der Waals surface area contributed by atoms with Crippen LogP contribution in [0.3, 0.4) is 0 Å². The summed E-state index contributed by atoms with van der Waals surface area (Å²) in [6.45, 7) is 18.6. The van der Waals surface area contributed by atoms with E-state index in [1.807, 2.05) is 25.8 Å². The van der Waals surface area contributed by atoms with Gasteiger partial charge in [-0.2, -0.15) is 0 Å². The summed E-state index contributed by atoms with van der Waals surface area (Å²) in [5.41, 5.74) is -1.65. The molecule has 7 heteroatoms. The van der Waals surface area contributed by atoms with Crippen LogP contribution >= 0.6 is 0 Å². The number of hydrogen-bond donors (Lipinski definition) is 3. The minimum atomic E-state index is -0.868. The van der Waals surface area contributed by atoms with Gasteiger partial charge in [-0.15, -0.1) is 0 Å². The van der Waals surface area contributed by atoms with Crippen LogP contribution in [0.1, 0.15) is 47.5 Å². The number of amides is 1. The van der Waals surface area contributed by atoms with Gasteiger partial charge in [0.25, 0.3) is 0 Å². The van der Waals surface area contributed by atoms with Gasteiger partial charge in [0.05, 0.1) is 16.7 Å². The standard InChI is InChI=1S/C22H37N3O4/c1-15(2)29-16(3)21(4,5)18(23)13-19(26)24-20(27)22(6,7)25(8)14-17-9-11-28-12-10-17/h13,17,23,26H,1,3,9-12,14H2,2,4-8H3,(H,24,27)/b19-13-,23-18?. The van der Waals surface area contributed by atoms with Crippen molar-refractivity contribution in [3.8, 4) is 0 Å². The van der Waals surface area contributed by atoms with E-state index < -0.39 is 11.0 Å². The summed E-state index contributed by atoms with van der Waals surface area (Å²) in [6.07, 6.45) is 3.17. The van der Waals surface area contributed by atoms with E-state index in [0.717, 1.165) is 32.6 Å². The number of likely N-dealkylation sites (N-methyl/N-ethyl adjacent to an activating group) is 1. The molecule has 1 saturated heterocycles. The van der Waals surface area contributed by atoms with Gasteiger partial charge in [0.1, 0.15) is 5.76 Å². The molecule has 0 atom stereocenters. The minimum absolute atomic E-state index is 0.0508. The molecule has 1 fully saturated rings. The number of aliphatic hydroxyl groups excluding tert-OH is 1. The third kappa shape index (κ3) is 7.01. The molecule has 0 aromatic heterocycles. The molecule has 164 valence electrons. The number of nitrogens with zero attached hydrogens (tertiary/aromatic N) is 1. The van der Waals surface area contributed by atoms with E-state index in [9.17, 15) is 9.90 Å². The van der Waals surface area contributed by atoms with Crippen LogP contribution in [-0.4, -0.2) is 54.0 Å². The smallest absolute Gasteiger partial charge is 0.246 e. The van der Waals surface area contributed by atoms with Crippen LogP contribution in [-0.2, 0) is 14.3 Å². The Bertz CT molecular complexity index is 674. The number of hydrogen-bond acceptors (Lipinski definition) is 6. The Hall–Kier alpha value is -2.12. The van der Waals surface area contributed by atoms with Crippen molar-refractivity contribution in [2.24, 2.45) is 11.3 Å². The zero-order valence-electron chi connectivity index (χ0n) is 18.7. The second-order valence-electron chi connectivity index (χ2n) is 8.74. The molecule has 3 N–H and O–H groups in total. The van der Waals surface area contributed by atoms with E-state index in [4.69, 9.17) is 14.9 Å². The van der Waals surface area contributed by atoms with E-state index in [0.29, 0.717) is 17.4 Å². The van der Waals surface area contributed by atoms with Crippen LogP contribution in [0, 0.1) is 16.7 Å². The van der Waals surface area contributed by atoms with Gasteiger partial charge >= 0.3 is 0 Å². The average molecular weight is 408 g/mol. The summed E-state index contributed by atoms with van der Waals surface area (Å²) in [4.78, 5) is 14.8. The monoisotopic (exact) mass is 407 g/mol. The predicted molar refractivity (Wildman–Crippen MR) is 116 cm³/mol. The van der Waals surface area contributed by atoms with Crippen molar-refractivity contribution in [2.75, 3.05) is 26.8 Å². The first-order chi connectivity index (χ1) is 13.3. The first kappa shape index (κ1) is 24.9. The zero-order chi connectivity index (χ0) is 22.4. The highest BCUT2D eigenvalue weighted by Crippen LogP contribution is 2.29. The van der Waals surface area contributed by atoms with E-state index in [1.165, 1.54) is 6.08 Å². The van der Waals surface area contributed by atoms with Gasteiger partial charge in [-0.05, 0) is 60.4 Å². The molecule has 0 aromatic carbocycles. The second-order valence-corrected chi connectivity index (χ2v) is 8.74. The summed E-state index contributed by atoms with van der Waals surface area (Å²) < 4.78 is 10.8. The SMILES string of the molecule is C=C(C)OC(=C)C(C)(C)C(=N)/C=C(\O)NC(=O)C(C)(C)N(C)CC1CCOCC1. The Labute approximate surface area is 175 Å². The van der Waals surface area contributed by atoms with Crippen molar-refractivity contribution in [3.05, 3.63) is 36.6 Å². The van der Waals surface area contributed by atoms with E-state index in [-0.39, 0.29) is 17.5 Å². The topological polar surface area (TPSA) is 94.9 Å². The van der Waals surface area contributed by atoms with Crippen LogP contribution in [0.15, 0.2) is 36.6 Å². The number of ether oxygens (including phenoxy) is 2. The Morgan fingerprint density at radius 1 is 1.31 bits per heavy atom. The van der Waals surface area contributed by atoms with Gasteiger partial charge < -0.3 is 20.0 Å². The Morgan fingerprint density at radius 2 is 1.86 bits per heavy atom. The van der Waals surface area contributed by atoms with Crippen LogP contribution in [0.5, 0.6) is 0 Å². The lowest BCUT2D eigenvalue weighted by atomic mass is 9.85. The van der Waals surface area contributed by atoms with Crippen molar-refractivity contribution in [1.29, 1.82) is 5.41 Å². The van der Waals surface area contributed by atoms with Gasteiger partial charge in [-0.1, -0.05) is 13.2 Å². The highest BCUT2D eigenvalue weighted by molar-refractivity contribution is 5.99. The van der Waals surface area contributed by atoms with E-state index >= 15 is 0 Å². The number of aliphatic hydroxyl groups is 1. The molecule has 1 aliphatic rings. The summed E-state index contributed by atoms with van der Waals surface area (Å²) in [5.74, 6) is 0.555. The summed E-state index contributed by atoms with van der Waals surface area (Å²) in [7, 11) is 1.90. The highest BCUT2D eigenvalue weighted by Gasteiger charge is 2.35.